The molecule has 0 saturated heterocycles. The molecule has 1 heterocycles. The SMILES string of the molecule is NC1CC2CCCC(C1)C2NC(=O)c1ccc(-n2cncn2)cc1. The van der Waals surface area contributed by atoms with Crippen molar-refractivity contribution in [2.75, 3.05) is 0 Å². The van der Waals surface area contributed by atoms with E-state index in [0.29, 0.717) is 23.4 Å². The van der Waals surface area contributed by atoms with E-state index in [9.17, 15) is 4.79 Å². The molecule has 0 radical (unpaired) electrons. The van der Waals surface area contributed by atoms with Gasteiger partial charge in [-0.1, -0.05) is 6.42 Å². The van der Waals surface area contributed by atoms with Crippen LogP contribution >= 0.6 is 0 Å². The summed E-state index contributed by atoms with van der Waals surface area (Å²) >= 11 is 0. The highest BCUT2D eigenvalue weighted by atomic mass is 16.1. The van der Waals surface area contributed by atoms with Crippen molar-refractivity contribution in [2.24, 2.45) is 17.6 Å². The van der Waals surface area contributed by atoms with E-state index in [1.165, 1.54) is 25.6 Å². The van der Waals surface area contributed by atoms with Gasteiger partial charge in [0.25, 0.3) is 5.91 Å². The van der Waals surface area contributed by atoms with Gasteiger partial charge < -0.3 is 11.1 Å². The van der Waals surface area contributed by atoms with Crippen LogP contribution in [0.3, 0.4) is 0 Å². The first-order valence-corrected chi connectivity index (χ1v) is 8.72. The smallest absolute Gasteiger partial charge is 0.251 e. The maximum Gasteiger partial charge on any atom is 0.251 e. The monoisotopic (exact) mass is 325 g/mol. The third kappa shape index (κ3) is 2.94. The molecular formula is C18H23N5O. The van der Waals surface area contributed by atoms with Crippen molar-refractivity contribution < 1.29 is 4.79 Å². The predicted molar refractivity (Wildman–Crippen MR) is 90.7 cm³/mol. The Balaban J connectivity index is 1.46. The molecule has 0 spiro atoms. The second-order valence-corrected chi connectivity index (χ2v) is 7.07. The number of aromatic nitrogens is 3. The number of nitrogens with one attached hydrogen (secondary N) is 1. The van der Waals surface area contributed by atoms with E-state index in [0.717, 1.165) is 18.5 Å². The highest BCUT2D eigenvalue weighted by Gasteiger charge is 2.39. The number of nitrogens with zero attached hydrogens (tertiary/aromatic N) is 3. The van der Waals surface area contributed by atoms with E-state index in [1.54, 1.807) is 11.0 Å². The van der Waals surface area contributed by atoms with Crippen LogP contribution < -0.4 is 11.1 Å². The maximum atomic E-state index is 12.6. The van der Waals surface area contributed by atoms with Gasteiger partial charge in [0.1, 0.15) is 12.7 Å². The molecule has 3 N–H and O–H groups in total. The molecule has 6 heteroatoms. The summed E-state index contributed by atoms with van der Waals surface area (Å²) in [5, 5.41) is 7.38. The Kier molecular flexibility index (Phi) is 4.06. The van der Waals surface area contributed by atoms with Gasteiger partial charge in [-0.15, -0.1) is 0 Å². The van der Waals surface area contributed by atoms with Gasteiger partial charge in [0.05, 0.1) is 5.69 Å². The number of nitrogens with two attached hydrogens (primary N) is 1. The largest absolute Gasteiger partial charge is 0.349 e. The number of hydrogen-bond donors (Lipinski definition) is 2. The third-order valence-electron chi connectivity index (χ3n) is 5.49. The number of amides is 1. The first kappa shape index (κ1) is 15.3. The fourth-order valence-electron chi connectivity index (χ4n) is 4.37. The van der Waals surface area contributed by atoms with E-state index >= 15 is 0 Å². The third-order valence-corrected chi connectivity index (χ3v) is 5.49. The molecule has 2 atom stereocenters. The van der Waals surface area contributed by atoms with Gasteiger partial charge in [-0.3, -0.25) is 4.79 Å². The molecule has 2 bridgehead atoms. The molecule has 1 aromatic carbocycles. The lowest BCUT2D eigenvalue weighted by molar-refractivity contribution is 0.0756. The first-order valence-electron chi connectivity index (χ1n) is 8.72. The Hall–Kier alpha value is -2.21. The Morgan fingerprint density at radius 3 is 2.50 bits per heavy atom. The maximum absolute atomic E-state index is 12.6. The molecule has 6 nitrogen and oxygen atoms in total. The van der Waals surface area contributed by atoms with Crippen LogP contribution in [0, 0.1) is 11.8 Å². The van der Waals surface area contributed by atoms with Crippen LogP contribution in [0.15, 0.2) is 36.9 Å². The highest BCUT2D eigenvalue weighted by molar-refractivity contribution is 5.94. The van der Waals surface area contributed by atoms with Crippen LogP contribution in [0.2, 0.25) is 0 Å². The van der Waals surface area contributed by atoms with Crippen molar-refractivity contribution in [3.63, 3.8) is 0 Å². The molecule has 1 amide bonds. The van der Waals surface area contributed by atoms with Crippen molar-refractivity contribution >= 4 is 5.91 Å². The summed E-state index contributed by atoms with van der Waals surface area (Å²) in [6.07, 6.45) is 8.83. The summed E-state index contributed by atoms with van der Waals surface area (Å²) in [7, 11) is 0. The van der Waals surface area contributed by atoms with Gasteiger partial charge in [-0.2, -0.15) is 5.10 Å². The Morgan fingerprint density at radius 1 is 1.17 bits per heavy atom. The number of rotatable bonds is 3. The average Bonchev–Trinajstić information content (AvgIpc) is 3.10. The zero-order chi connectivity index (χ0) is 16.5. The summed E-state index contributed by atoms with van der Waals surface area (Å²) in [6.45, 7) is 0. The van der Waals surface area contributed by atoms with E-state index < -0.39 is 0 Å². The summed E-state index contributed by atoms with van der Waals surface area (Å²) in [4.78, 5) is 16.6. The molecule has 2 aliphatic rings. The van der Waals surface area contributed by atoms with Crippen molar-refractivity contribution in [3.05, 3.63) is 42.5 Å². The number of benzene rings is 1. The highest BCUT2D eigenvalue weighted by Crippen LogP contribution is 2.39. The van der Waals surface area contributed by atoms with Crippen LogP contribution in [-0.4, -0.2) is 32.8 Å². The lowest BCUT2D eigenvalue weighted by Crippen LogP contribution is -2.53. The second-order valence-electron chi connectivity index (χ2n) is 7.07. The lowest BCUT2D eigenvalue weighted by Gasteiger charge is -2.45. The lowest BCUT2D eigenvalue weighted by atomic mass is 9.67. The fourth-order valence-corrected chi connectivity index (χ4v) is 4.37. The van der Waals surface area contributed by atoms with Gasteiger partial charge in [0, 0.05) is 17.6 Å². The van der Waals surface area contributed by atoms with Crippen LogP contribution in [0.1, 0.15) is 42.5 Å². The number of carbonyl (C=O) groups excluding carboxylic acids is 1. The predicted octanol–water partition coefficient (Wildman–Crippen LogP) is 1.90. The molecule has 0 aliphatic heterocycles. The van der Waals surface area contributed by atoms with Crippen LogP contribution in [0.5, 0.6) is 0 Å². The zero-order valence-corrected chi connectivity index (χ0v) is 13.6. The summed E-state index contributed by atoms with van der Waals surface area (Å²) in [5.41, 5.74) is 7.75. The minimum atomic E-state index is 0.0116. The quantitative estimate of drug-likeness (QED) is 0.902. The average molecular weight is 325 g/mol. The van der Waals surface area contributed by atoms with E-state index in [-0.39, 0.29) is 11.9 Å². The van der Waals surface area contributed by atoms with E-state index in [1.807, 2.05) is 24.3 Å². The van der Waals surface area contributed by atoms with Gasteiger partial charge in [0.15, 0.2) is 0 Å². The summed E-state index contributed by atoms with van der Waals surface area (Å²) in [6, 6.07) is 8.05. The molecule has 2 saturated carbocycles. The van der Waals surface area contributed by atoms with Gasteiger partial charge >= 0.3 is 0 Å². The van der Waals surface area contributed by atoms with E-state index in [4.69, 9.17) is 5.73 Å². The fraction of sp³-hybridized carbons (Fsp3) is 0.500. The second kappa shape index (κ2) is 6.36. The van der Waals surface area contributed by atoms with Gasteiger partial charge in [0.2, 0.25) is 0 Å². The molecular weight excluding hydrogens is 302 g/mol. The number of carbonyl (C=O) groups is 1. The zero-order valence-electron chi connectivity index (χ0n) is 13.6. The first-order chi connectivity index (χ1) is 11.7. The van der Waals surface area contributed by atoms with E-state index in [2.05, 4.69) is 15.4 Å². The Morgan fingerprint density at radius 2 is 1.88 bits per heavy atom. The summed E-state index contributed by atoms with van der Waals surface area (Å²) < 4.78 is 1.68. The Labute approximate surface area is 141 Å². The van der Waals surface area contributed by atoms with Gasteiger partial charge in [-0.25, -0.2) is 9.67 Å². The molecule has 2 aromatic rings. The molecule has 24 heavy (non-hydrogen) atoms. The molecule has 2 unspecified atom stereocenters. The van der Waals surface area contributed by atoms with Crippen molar-refractivity contribution in [1.29, 1.82) is 0 Å². The number of fused-ring (bicyclic) bond motifs is 2. The standard InChI is InChI=1S/C18H23N5O/c19-15-8-13-2-1-3-14(9-15)17(13)22-18(24)12-4-6-16(7-5-12)23-11-20-10-21-23/h4-7,10-11,13-15,17H,1-3,8-9,19H2,(H,22,24). The molecule has 126 valence electrons. The van der Waals surface area contributed by atoms with Crippen LogP contribution in [0.4, 0.5) is 0 Å². The van der Waals surface area contributed by atoms with Gasteiger partial charge in [-0.05, 0) is 61.8 Å². The van der Waals surface area contributed by atoms with Crippen molar-refractivity contribution in [1.82, 2.24) is 20.1 Å². The normalized spacial score (nSPS) is 29.2. The number of hydrogen-bond acceptors (Lipinski definition) is 4. The van der Waals surface area contributed by atoms with Crippen LogP contribution in [0.25, 0.3) is 5.69 Å². The molecule has 2 fully saturated rings. The van der Waals surface area contributed by atoms with Crippen molar-refractivity contribution in [3.8, 4) is 5.69 Å². The van der Waals surface area contributed by atoms with Crippen LogP contribution in [-0.2, 0) is 0 Å². The summed E-state index contributed by atoms with van der Waals surface area (Å²) in [5.74, 6) is 1.08. The Bertz CT molecular complexity index is 683. The van der Waals surface area contributed by atoms with Crippen molar-refractivity contribution in [2.45, 2.75) is 44.2 Å². The minimum absolute atomic E-state index is 0.0116. The molecule has 2 aliphatic carbocycles. The molecule has 1 aromatic heterocycles. The minimum Gasteiger partial charge on any atom is -0.349 e. The molecule has 4 rings (SSSR count). The topological polar surface area (TPSA) is 85.8 Å².